The van der Waals surface area contributed by atoms with E-state index in [2.05, 4.69) is 9.47 Å². The molecule has 0 fully saturated rings. The fourth-order valence-electron chi connectivity index (χ4n) is 0.814. The van der Waals surface area contributed by atoms with E-state index < -0.39 is 23.3 Å². The third-order valence-electron chi connectivity index (χ3n) is 1.68. The molecule has 0 bridgehead atoms. The minimum absolute atomic E-state index is 0.128. The van der Waals surface area contributed by atoms with Crippen molar-refractivity contribution in [2.24, 2.45) is 0 Å². The molecule has 0 rings (SSSR count). The molecule has 0 aromatic carbocycles. The molecule has 0 aliphatic rings. The van der Waals surface area contributed by atoms with Gasteiger partial charge in [0.25, 0.3) is 5.60 Å². The van der Waals surface area contributed by atoms with Crippen LogP contribution in [0.5, 0.6) is 0 Å². The summed E-state index contributed by atoms with van der Waals surface area (Å²) in [5, 5.41) is 0. The van der Waals surface area contributed by atoms with Gasteiger partial charge in [-0.3, -0.25) is 9.59 Å². The number of rotatable bonds is 4. The number of Topliss-reactive ketones (excluding diaryl/α,β-unsaturated/α-hetero) is 1. The zero-order chi connectivity index (χ0) is 11.4. The maximum Gasteiger partial charge on any atom is 0.358 e. The predicted octanol–water partition coefficient (Wildman–Crippen LogP) is 0.460. The number of ketones is 1. The summed E-state index contributed by atoms with van der Waals surface area (Å²) in [6.07, 6.45) is 0. The average Bonchev–Trinajstić information content (AvgIpc) is 2.02. The zero-order valence-corrected chi connectivity index (χ0v) is 8.75. The van der Waals surface area contributed by atoms with Gasteiger partial charge in [0.2, 0.25) is 0 Å². The van der Waals surface area contributed by atoms with Crippen LogP contribution in [0.2, 0.25) is 0 Å². The molecule has 0 saturated carbocycles. The number of esters is 2. The van der Waals surface area contributed by atoms with E-state index in [9.17, 15) is 14.4 Å². The van der Waals surface area contributed by atoms with Crippen molar-refractivity contribution in [2.45, 2.75) is 33.3 Å². The van der Waals surface area contributed by atoms with Crippen LogP contribution in [0.25, 0.3) is 0 Å². The Kier molecular flexibility index (Phi) is 4.27. The van der Waals surface area contributed by atoms with Crippen molar-refractivity contribution in [2.75, 3.05) is 6.61 Å². The largest absolute Gasteiger partial charge is 0.463 e. The highest BCUT2D eigenvalue weighted by Crippen LogP contribution is 2.14. The molecule has 0 aliphatic heterocycles. The molecule has 0 aliphatic carbocycles. The Morgan fingerprint density at radius 3 is 2.00 bits per heavy atom. The Bertz CT molecular complexity index is 258. The summed E-state index contributed by atoms with van der Waals surface area (Å²) in [5.41, 5.74) is -1.82. The van der Waals surface area contributed by atoms with Gasteiger partial charge in [0.1, 0.15) is 0 Å². The van der Waals surface area contributed by atoms with Crippen LogP contribution in [0.15, 0.2) is 0 Å². The second kappa shape index (κ2) is 4.74. The number of hydrogen-bond donors (Lipinski definition) is 0. The van der Waals surface area contributed by atoms with Crippen molar-refractivity contribution in [1.82, 2.24) is 0 Å². The summed E-state index contributed by atoms with van der Waals surface area (Å²) >= 11 is 0. The third-order valence-corrected chi connectivity index (χ3v) is 1.68. The molecule has 0 heterocycles. The first-order chi connectivity index (χ1) is 6.34. The van der Waals surface area contributed by atoms with E-state index in [0.717, 1.165) is 6.92 Å². The lowest BCUT2D eigenvalue weighted by atomic mass is 10.0. The fraction of sp³-hybridized carbons (Fsp3) is 0.667. The normalized spacial score (nSPS) is 14.0. The molecule has 5 heteroatoms. The van der Waals surface area contributed by atoms with E-state index in [1.54, 1.807) is 6.92 Å². The van der Waals surface area contributed by atoms with Gasteiger partial charge >= 0.3 is 11.9 Å². The maximum absolute atomic E-state index is 11.3. The summed E-state index contributed by atoms with van der Waals surface area (Å²) in [5.74, 6) is -2.11. The highest BCUT2D eigenvalue weighted by atomic mass is 16.6. The molecule has 1 atom stereocenters. The quantitative estimate of drug-likeness (QED) is 0.489. The van der Waals surface area contributed by atoms with Crippen LogP contribution < -0.4 is 0 Å². The van der Waals surface area contributed by atoms with Gasteiger partial charge in [-0.15, -0.1) is 0 Å². The molecule has 0 radical (unpaired) electrons. The number of carbonyl (C=O) groups is 3. The monoisotopic (exact) mass is 202 g/mol. The molecule has 14 heavy (non-hydrogen) atoms. The second-order valence-electron chi connectivity index (χ2n) is 2.90. The SMILES string of the molecule is CCOC(=O)[C@@](C)(OC(C)=O)C(C)=O. The summed E-state index contributed by atoms with van der Waals surface area (Å²) in [7, 11) is 0. The van der Waals surface area contributed by atoms with Crippen molar-refractivity contribution in [3.05, 3.63) is 0 Å². The van der Waals surface area contributed by atoms with Gasteiger partial charge < -0.3 is 9.47 Å². The minimum atomic E-state index is -1.82. The molecule has 0 aromatic rings. The summed E-state index contributed by atoms with van der Waals surface area (Å²) in [6, 6.07) is 0. The van der Waals surface area contributed by atoms with Crippen LogP contribution >= 0.6 is 0 Å². The van der Waals surface area contributed by atoms with Gasteiger partial charge in [0.15, 0.2) is 5.78 Å². The third kappa shape index (κ3) is 2.83. The standard InChI is InChI=1S/C9H14O5/c1-5-13-8(12)9(4,6(2)10)14-7(3)11/h5H2,1-4H3/t9-/m0/s1. The molecule has 5 nitrogen and oxygen atoms in total. The predicted molar refractivity (Wildman–Crippen MR) is 47.5 cm³/mol. The Labute approximate surface area is 82.4 Å². The highest BCUT2D eigenvalue weighted by molar-refractivity contribution is 6.07. The van der Waals surface area contributed by atoms with Gasteiger partial charge in [-0.25, -0.2) is 4.79 Å². The van der Waals surface area contributed by atoms with Gasteiger partial charge in [0, 0.05) is 6.92 Å². The van der Waals surface area contributed by atoms with E-state index in [0.29, 0.717) is 0 Å². The van der Waals surface area contributed by atoms with Gasteiger partial charge in [-0.05, 0) is 20.8 Å². The maximum atomic E-state index is 11.3. The van der Waals surface area contributed by atoms with Crippen molar-refractivity contribution >= 4 is 17.7 Å². The first-order valence-electron chi connectivity index (χ1n) is 4.22. The second-order valence-corrected chi connectivity index (χ2v) is 2.90. The zero-order valence-electron chi connectivity index (χ0n) is 8.75. The first-order valence-corrected chi connectivity index (χ1v) is 4.22. The van der Waals surface area contributed by atoms with E-state index in [4.69, 9.17) is 0 Å². The number of ether oxygens (including phenoxy) is 2. The number of carbonyl (C=O) groups excluding carboxylic acids is 3. The van der Waals surface area contributed by atoms with Crippen molar-refractivity contribution in [3.8, 4) is 0 Å². The van der Waals surface area contributed by atoms with E-state index in [1.165, 1.54) is 13.8 Å². The van der Waals surface area contributed by atoms with Crippen LogP contribution in [0, 0.1) is 0 Å². The van der Waals surface area contributed by atoms with E-state index in [-0.39, 0.29) is 6.61 Å². The van der Waals surface area contributed by atoms with Crippen LogP contribution in [-0.4, -0.2) is 29.9 Å². The van der Waals surface area contributed by atoms with Crippen LogP contribution in [0.3, 0.4) is 0 Å². The summed E-state index contributed by atoms with van der Waals surface area (Å²) in [6.45, 7) is 5.24. The topological polar surface area (TPSA) is 69.7 Å². The lowest BCUT2D eigenvalue weighted by Gasteiger charge is -2.23. The molecule has 0 aromatic heterocycles. The molecular weight excluding hydrogens is 188 g/mol. The Hall–Kier alpha value is -1.39. The van der Waals surface area contributed by atoms with Crippen molar-refractivity contribution < 1.29 is 23.9 Å². The Morgan fingerprint density at radius 2 is 1.71 bits per heavy atom. The first kappa shape index (κ1) is 12.6. The van der Waals surface area contributed by atoms with Crippen molar-refractivity contribution in [1.29, 1.82) is 0 Å². The van der Waals surface area contributed by atoms with Crippen LogP contribution in [0.4, 0.5) is 0 Å². The number of hydrogen-bond acceptors (Lipinski definition) is 5. The molecule has 0 amide bonds. The lowest BCUT2D eigenvalue weighted by Crippen LogP contribution is -2.47. The fourth-order valence-corrected chi connectivity index (χ4v) is 0.814. The molecule has 0 unspecified atom stereocenters. The molecule has 0 saturated heterocycles. The van der Waals surface area contributed by atoms with Crippen LogP contribution in [0.1, 0.15) is 27.7 Å². The average molecular weight is 202 g/mol. The van der Waals surface area contributed by atoms with Gasteiger partial charge in [-0.2, -0.15) is 0 Å². The Balaban J connectivity index is 4.80. The lowest BCUT2D eigenvalue weighted by molar-refractivity contribution is -0.181. The smallest absolute Gasteiger partial charge is 0.358 e. The molecule has 80 valence electrons. The van der Waals surface area contributed by atoms with Gasteiger partial charge in [-0.1, -0.05) is 0 Å². The molecular formula is C9H14O5. The summed E-state index contributed by atoms with van der Waals surface area (Å²) in [4.78, 5) is 33.2. The highest BCUT2D eigenvalue weighted by Gasteiger charge is 2.43. The molecule has 0 spiro atoms. The van der Waals surface area contributed by atoms with E-state index in [1.807, 2.05) is 0 Å². The van der Waals surface area contributed by atoms with E-state index >= 15 is 0 Å². The Morgan fingerprint density at radius 1 is 1.21 bits per heavy atom. The van der Waals surface area contributed by atoms with Crippen LogP contribution in [-0.2, 0) is 23.9 Å². The minimum Gasteiger partial charge on any atom is -0.463 e. The van der Waals surface area contributed by atoms with Crippen molar-refractivity contribution in [3.63, 3.8) is 0 Å². The molecule has 0 N–H and O–H groups in total. The summed E-state index contributed by atoms with van der Waals surface area (Å²) < 4.78 is 9.28. The van der Waals surface area contributed by atoms with Gasteiger partial charge in [0.05, 0.1) is 6.61 Å².